The van der Waals surface area contributed by atoms with Gasteiger partial charge in [0.05, 0.1) is 18.8 Å². The van der Waals surface area contributed by atoms with E-state index >= 15 is 0 Å². The number of hydrogen-bond donors (Lipinski definition) is 3. The average Bonchev–Trinajstić information content (AvgIpc) is 2.22. The van der Waals surface area contributed by atoms with E-state index in [1.807, 2.05) is 6.92 Å². The van der Waals surface area contributed by atoms with Crippen molar-refractivity contribution >= 4 is 31.9 Å². The summed E-state index contributed by atoms with van der Waals surface area (Å²) in [5, 5.41) is 29.7. The normalized spacial score (nSPS) is 34.0. The van der Waals surface area contributed by atoms with Gasteiger partial charge in [-0.2, -0.15) is 0 Å². The van der Waals surface area contributed by atoms with Gasteiger partial charge in [-0.15, -0.1) is 0 Å². The Hall–Kier alpha value is 0.840. The van der Waals surface area contributed by atoms with E-state index < -0.39 is 14.2 Å². The van der Waals surface area contributed by atoms with Crippen molar-refractivity contribution in [3.63, 3.8) is 0 Å². The highest BCUT2D eigenvalue weighted by atomic mass is 79.9. The van der Waals surface area contributed by atoms with Crippen molar-refractivity contribution in [1.82, 2.24) is 0 Å². The van der Waals surface area contributed by atoms with Gasteiger partial charge in [-0.05, 0) is 19.3 Å². The van der Waals surface area contributed by atoms with Gasteiger partial charge in [0.15, 0.2) is 0 Å². The summed E-state index contributed by atoms with van der Waals surface area (Å²) in [6.07, 6.45) is 2.76. The van der Waals surface area contributed by atoms with E-state index in [4.69, 9.17) is 0 Å². The SMILES string of the molecule is CCC1(O)C(Br)(Br)CCCC1(CO)CO. The zero-order chi connectivity index (χ0) is 11.7. The highest BCUT2D eigenvalue weighted by molar-refractivity contribution is 9.25. The van der Waals surface area contributed by atoms with Gasteiger partial charge in [0, 0.05) is 5.41 Å². The fraction of sp³-hybridized carbons (Fsp3) is 1.00. The van der Waals surface area contributed by atoms with Crippen LogP contribution in [0.2, 0.25) is 0 Å². The Bertz CT molecular complexity index is 229. The topological polar surface area (TPSA) is 60.7 Å². The molecule has 1 fully saturated rings. The lowest BCUT2D eigenvalue weighted by molar-refractivity contribution is -0.157. The number of aliphatic hydroxyl groups is 3. The fourth-order valence-corrected chi connectivity index (χ4v) is 4.52. The van der Waals surface area contributed by atoms with Gasteiger partial charge in [-0.1, -0.05) is 45.2 Å². The Morgan fingerprint density at radius 3 is 2.00 bits per heavy atom. The van der Waals surface area contributed by atoms with Crippen molar-refractivity contribution < 1.29 is 15.3 Å². The molecule has 5 heteroatoms. The van der Waals surface area contributed by atoms with Crippen LogP contribution in [-0.4, -0.2) is 37.4 Å². The molecule has 0 aliphatic heterocycles. The van der Waals surface area contributed by atoms with Crippen LogP contribution in [0.25, 0.3) is 0 Å². The van der Waals surface area contributed by atoms with Crippen molar-refractivity contribution in [1.29, 1.82) is 0 Å². The minimum Gasteiger partial charge on any atom is -0.396 e. The maximum Gasteiger partial charge on any atom is 0.110 e. The summed E-state index contributed by atoms with van der Waals surface area (Å²) in [5.74, 6) is 0. The molecule has 3 N–H and O–H groups in total. The van der Waals surface area contributed by atoms with Crippen molar-refractivity contribution in [3.8, 4) is 0 Å². The summed E-state index contributed by atoms with van der Waals surface area (Å²) >= 11 is 6.95. The Morgan fingerprint density at radius 2 is 1.67 bits per heavy atom. The second-order valence-corrected chi connectivity index (χ2v) is 8.14. The molecule has 1 atom stereocenters. The maximum absolute atomic E-state index is 10.7. The number of halogens is 2. The average molecular weight is 346 g/mol. The lowest BCUT2D eigenvalue weighted by Crippen LogP contribution is -2.64. The number of hydrogen-bond acceptors (Lipinski definition) is 3. The summed E-state index contributed by atoms with van der Waals surface area (Å²) in [7, 11) is 0. The zero-order valence-electron chi connectivity index (χ0n) is 8.84. The fourth-order valence-electron chi connectivity index (χ4n) is 2.55. The molecule has 0 bridgehead atoms. The van der Waals surface area contributed by atoms with Crippen LogP contribution in [-0.2, 0) is 0 Å². The third-order valence-electron chi connectivity index (χ3n) is 3.75. The van der Waals surface area contributed by atoms with Crippen LogP contribution in [0.1, 0.15) is 32.6 Å². The van der Waals surface area contributed by atoms with Crippen LogP contribution >= 0.6 is 31.9 Å². The molecule has 1 saturated carbocycles. The Kier molecular flexibility index (Phi) is 4.27. The van der Waals surface area contributed by atoms with Crippen molar-refractivity contribution in [2.75, 3.05) is 13.2 Å². The van der Waals surface area contributed by atoms with E-state index in [0.717, 1.165) is 12.8 Å². The highest BCUT2D eigenvalue weighted by Crippen LogP contribution is 2.57. The lowest BCUT2D eigenvalue weighted by Gasteiger charge is -2.55. The molecule has 1 aliphatic rings. The maximum atomic E-state index is 10.7. The van der Waals surface area contributed by atoms with Crippen LogP contribution in [0, 0.1) is 5.41 Å². The molecule has 0 aromatic heterocycles. The van der Waals surface area contributed by atoms with Crippen LogP contribution < -0.4 is 0 Å². The van der Waals surface area contributed by atoms with E-state index in [2.05, 4.69) is 31.9 Å². The molecule has 0 spiro atoms. The van der Waals surface area contributed by atoms with Gasteiger partial charge < -0.3 is 15.3 Å². The van der Waals surface area contributed by atoms with Crippen LogP contribution in [0.4, 0.5) is 0 Å². The molecule has 0 saturated heterocycles. The van der Waals surface area contributed by atoms with Gasteiger partial charge in [-0.25, -0.2) is 0 Å². The van der Waals surface area contributed by atoms with Crippen LogP contribution in [0.3, 0.4) is 0 Å². The number of aliphatic hydroxyl groups excluding tert-OH is 2. The molecule has 1 unspecified atom stereocenters. The Morgan fingerprint density at radius 1 is 1.13 bits per heavy atom. The molecule has 0 radical (unpaired) electrons. The van der Waals surface area contributed by atoms with E-state index in [1.165, 1.54) is 0 Å². The standard InChI is InChI=1S/C10H18Br2O3/c1-2-9(15)8(6-13,7-14)4-3-5-10(9,11)12/h13-15H,2-7H2,1H3. The summed E-state index contributed by atoms with van der Waals surface area (Å²) in [5.41, 5.74) is -1.96. The molecular formula is C10H18Br2O3. The van der Waals surface area contributed by atoms with Gasteiger partial charge in [-0.3, -0.25) is 0 Å². The minimum absolute atomic E-state index is 0.202. The van der Waals surface area contributed by atoms with E-state index in [9.17, 15) is 15.3 Å². The van der Waals surface area contributed by atoms with Gasteiger partial charge >= 0.3 is 0 Å². The quantitative estimate of drug-likeness (QED) is 0.683. The summed E-state index contributed by atoms with van der Waals surface area (Å²) in [6, 6.07) is 0. The Balaban J connectivity index is 3.15. The molecule has 3 nitrogen and oxygen atoms in total. The third-order valence-corrected chi connectivity index (χ3v) is 5.85. The van der Waals surface area contributed by atoms with Gasteiger partial charge in [0.1, 0.15) is 3.23 Å². The van der Waals surface area contributed by atoms with Crippen molar-refractivity contribution in [3.05, 3.63) is 0 Å². The first-order chi connectivity index (χ1) is 6.89. The van der Waals surface area contributed by atoms with Gasteiger partial charge in [0.25, 0.3) is 0 Å². The number of rotatable bonds is 3. The molecule has 1 rings (SSSR count). The van der Waals surface area contributed by atoms with Crippen LogP contribution in [0.15, 0.2) is 0 Å². The highest BCUT2D eigenvalue weighted by Gasteiger charge is 2.61. The molecule has 90 valence electrons. The second kappa shape index (κ2) is 4.61. The molecule has 0 heterocycles. The zero-order valence-corrected chi connectivity index (χ0v) is 12.0. The predicted molar refractivity (Wildman–Crippen MR) is 66.3 cm³/mol. The largest absolute Gasteiger partial charge is 0.396 e. The Labute approximate surface area is 107 Å². The van der Waals surface area contributed by atoms with Gasteiger partial charge in [0.2, 0.25) is 0 Å². The molecule has 15 heavy (non-hydrogen) atoms. The summed E-state index contributed by atoms with van der Waals surface area (Å²) in [4.78, 5) is 0. The monoisotopic (exact) mass is 344 g/mol. The first kappa shape index (κ1) is 13.9. The molecular weight excluding hydrogens is 328 g/mol. The first-order valence-electron chi connectivity index (χ1n) is 5.21. The second-order valence-electron chi connectivity index (χ2n) is 4.37. The minimum atomic E-state index is -1.14. The smallest absolute Gasteiger partial charge is 0.110 e. The lowest BCUT2D eigenvalue weighted by atomic mass is 9.62. The van der Waals surface area contributed by atoms with E-state index in [0.29, 0.717) is 12.8 Å². The molecule has 0 aromatic rings. The van der Waals surface area contributed by atoms with Crippen molar-refractivity contribution in [2.24, 2.45) is 5.41 Å². The summed E-state index contributed by atoms with van der Waals surface area (Å²) in [6.45, 7) is 1.46. The van der Waals surface area contributed by atoms with E-state index in [-0.39, 0.29) is 13.2 Å². The number of alkyl halides is 2. The van der Waals surface area contributed by atoms with Crippen LogP contribution in [0.5, 0.6) is 0 Å². The summed E-state index contributed by atoms with van der Waals surface area (Å²) < 4.78 is -0.620. The predicted octanol–water partition coefficient (Wildman–Crippen LogP) is 1.77. The molecule has 1 aliphatic carbocycles. The van der Waals surface area contributed by atoms with E-state index in [1.54, 1.807) is 0 Å². The molecule has 0 aromatic carbocycles. The third kappa shape index (κ3) is 1.90. The first-order valence-corrected chi connectivity index (χ1v) is 6.79. The van der Waals surface area contributed by atoms with Crippen molar-refractivity contribution in [2.45, 2.75) is 41.4 Å². The molecule has 0 amide bonds.